The largest absolute Gasteiger partial charge is 0.497 e. The maximum atomic E-state index is 14.9. The summed E-state index contributed by atoms with van der Waals surface area (Å²) in [5, 5.41) is -0.108. The molecule has 1 aliphatic heterocycles. The molecule has 3 aromatic rings. The van der Waals surface area contributed by atoms with Crippen LogP contribution in [0.2, 0.25) is 0 Å². The van der Waals surface area contributed by atoms with Crippen molar-refractivity contribution < 1.29 is 18.7 Å². The molecule has 0 aliphatic carbocycles. The highest BCUT2D eigenvalue weighted by atomic mass is 19.1. The molecule has 0 unspecified atom stereocenters. The number of ketones is 1. The van der Waals surface area contributed by atoms with Crippen molar-refractivity contribution in [3.8, 4) is 22.6 Å². The monoisotopic (exact) mass is 495 g/mol. The minimum atomic E-state index is -0.654. The normalized spacial score (nSPS) is 14.8. The number of piperazine rings is 1. The molecule has 7 nitrogen and oxygen atoms in total. The van der Waals surface area contributed by atoms with Crippen LogP contribution in [0.4, 0.5) is 4.39 Å². The van der Waals surface area contributed by atoms with Gasteiger partial charge in [-0.3, -0.25) is 9.59 Å². The topological polar surface area (TPSA) is 74.9 Å². The van der Waals surface area contributed by atoms with Crippen LogP contribution in [0.5, 0.6) is 11.5 Å². The molecule has 0 spiro atoms. The lowest BCUT2D eigenvalue weighted by atomic mass is 9.96. The van der Waals surface area contributed by atoms with Gasteiger partial charge in [-0.15, -0.1) is 0 Å². The molecular formula is C28H34FN3O4. The van der Waals surface area contributed by atoms with E-state index in [1.807, 2.05) is 6.92 Å². The zero-order chi connectivity index (χ0) is 25.7. The zero-order valence-electron chi connectivity index (χ0n) is 21.2. The highest BCUT2D eigenvalue weighted by molar-refractivity contribution is 6.04. The van der Waals surface area contributed by atoms with Gasteiger partial charge < -0.3 is 24.3 Å². The Kier molecular flexibility index (Phi) is 8.38. The lowest BCUT2D eigenvalue weighted by Crippen LogP contribution is -2.44. The van der Waals surface area contributed by atoms with Crippen molar-refractivity contribution in [1.29, 1.82) is 0 Å². The number of benzene rings is 2. The van der Waals surface area contributed by atoms with E-state index in [2.05, 4.69) is 21.8 Å². The van der Waals surface area contributed by atoms with Crippen LogP contribution in [-0.2, 0) is 0 Å². The minimum absolute atomic E-state index is 0.108. The molecule has 1 aliphatic rings. The standard InChI is InChI=1S/C28H34FN3O4/c1-4-18-36-23-12-11-21(29)25-27(23)30-26(22(33)6-5-13-32-16-14-31(2)15-17-32)24(28(25)34)19-7-9-20(35-3)10-8-19/h7-12H,4-6,13-18H2,1-3H3,(H,30,34). The van der Waals surface area contributed by atoms with Gasteiger partial charge >= 0.3 is 0 Å². The van der Waals surface area contributed by atoms with Crippen LogP contribution < -0.4 is 14.9 Å². The molecule has 0 radical (unpaired) electrons. The van der Waals surface area contributed by atoms with E-state index in [-0.39, 0.29) is 34.4 Å². The predicted octanol–water partition coefficient (Wildman–Crippen LogP) is 4.34. The van der Waals surface area contributed by atoms with Gasteiger partial charge in [0.15, 0.2) is 5.78 Å². The molecular weight excluding hydrogens is 461 g/mol. The van der Waals surface area contributed by atoms with E-state index in [9.17, 15) is 14.0 Å². The number of nitrogens with zero attached hydrogens (tertiary/aromatic N) is 2. The molecule has 8 heteroatoms. The smallest absolute Gasteiger partial charge is 0.201 e. The minimum Gasteiger partial charge on any atom is -0.497 e. The number of methoxy groups -OCH3 is 1. The molecule has 2 heterocycles. The highest BCUT2D eigenvalue weighted by Crippen LogP contribution is 2.30. The molecule has 0 saturated carbocycles. The van der Waals surface area contributed by atoms with E-state index >= 15 is 0 Å². The van der Waals surface area contributed by atoms with Crippen LogP contribution in [-0.4, -0.2) is 74.1 Å². The number of nitrogens with one attached hydrogen (secondary N) is 1. The second-order valence-electron chi connectivity index (χ2n) is 9.25. The van der Waals surface area contributed by atoms with Crippen LogP contribution in [0.15, 0.2) is 41.2 Å². The fraction of sp³-hybridized carbons (Fsp3) is 0.429. The number of carbonyl (C=O) groups excluding carboxylic acids is 1. The van der Waals surface area contributed by atoms with Crippen molar-refractivity contribution >= 4 is 16.7 Å². The number of aromatic nitrogens is 1. The van der Waals surface area contributed by atoms with Gasteiger partial charge in [0.25, 0.3) is 0 Å². The van der Waals surface area contributed by atoms with Crippen molar-refractivity contribution in [2.45, 2.75) is 26.2 Å². The summed E-state index contributed by atoms with van der Waals surface area (Å²) in [6.07, 6.45) is 1.70. The molecule has 36 heavy (non-hydrogen) atoms. The fourth-order valence-corrected chi connectivity index (χ4v) is 4.56. The Hall–Kier alpha value is -3.23. The zero-order valence-corrected chi connectivity index (χ0v) is 21.2. The average Bonchev–Trinajstić information content (AvgIpc) is 2.89. The van der Waals surface area contributed by atoms with Gasteiger partial charge in [-0.05, 0) is 56.3 Å². The maximum absolute atomic E-state index is 14.9. The first-order valence-electron chi connectivity index (χ1n) is 12.5. The van der Waals surface area contributed by atoms with Crippen LogP contribution >= 0.6 is 0 Å². The van der Waals surface area contributed by atoms with Gasteiger partial charge in [0.1, 0.15) is 17.3 Å². The highest BCUT2D eigenvalue weighted by Gasteiger charge is 2.23. The number of hydrogen-bond acceptors (Lipinski definition) is 6. The molecule has 1 fully saturated rings. The summed E-state index contributed by atoms with van der Waals surface area (Å²) < 4.78 is 26.0. The summed E-state index contributed by atoms with van der Waals surface area (Å²) in [7, 11) is 3.67. The van der Waals surface area contributed by atoms with Gasteiger partial charge in [0, 0.05) is 32.6 Å². The molecule has 0 amide bonds. The molecule has 1 aromatic heterocycles. The van der Waals surface area contributed by atoms with E-state index < -0.39 is 11.2 Å². The first-order valence-corrected chi connectivity index (χ1v) is 12.5. The lowest BCUT2D eigenvalue weighted by Gasteiger charge is -2.32. The Labute approximate surface area is 210 Å². The Balaban J connectivity index is 1.73. The van der Waals surface area contributed by atoms with E-state index in [0.29, 0.717) is 30.1 Å². The van der Waals surface area contributed by atoms with E-state index in [1.54, 1.807) is 31.4 Å². The van der Waals surface area contributed by atoms with Crippen molar-refractivity contribution in [1.82, 2.24) is 14.8 Å². The summed E-state index contributed by atoms with van der Waals surface area (Å²) in [6, 6.07) is 9.60. The molecule has 4 rings (SSSR count). The van der Waals surface area contributed by atoms with Crippen LogP contribution in [0.1, 0.15) is 36.7 Å². The van der Waals surface area contributed by atoms with Gasteiger partial charge in [-0.2, -0.15) is 0 Å². The average molecular weight is 496 g/mol. The first-order chi connectivity index (χ1) is 17.4. The molecule has 2 aromatic carbocycles. The first kappa shape index (κ1) is 25.9. The second kappa shape index (κ2) is 11.7. The van der Waals surface area contributed by atoms with Crippen LogP contribution in [0.25, 0.3) is 22.0 Å². The van der Waals surface area contributed by atoms with E-state index in [1.165, 1.54) is 12.1 Å². The van der Waals surface area contributed by atoms with E-state index in [4.69, 9.17) is 9.47 Å². The molecule has 1 N–H and O–H groups in total. The summed E-state index contributed by atoms with van der Waals surface area (Å²) in [4.78, 5) is 35.0. The summed E-state index contributed by atoms with van der Waals surface area (Å²) >= 11 is 0. The summed E-state index contributed by atoms with van der Waals surface area (Å²) in [5.74, 6) is 0.147. The number of fused-ring (bicyclic) bond motifs is 1. The third kappa shape index (κ3) is 5.60. The van der Waals surface area contributed by atoms with Gasteiger partial charge in [-0.1, -0.05) is 19.1 Å². The Morgan fingerprint density at radius 3 is 2.47 bits per heavy atom. The Morgan fingerprint density at radius 1 is 1.08 bits per heavy atom. The maximum Gasteiger partial charge on any atom is 0.201 e. The number of Topliss-reactive ketones (excluding diaryl/α,β-unsaturated/α-hetero) is 1. The number of rotatable bonds is 10. The third-order valence-electron chi connectivity index (χ3n) is 6.66. The van der Waals surface area contributed by atoms with Gasteiger partial charge in [0.2, 0.25) is 5.43 Å². The molecule has 192 valence electrons. The number of pyridine rings is 1. The number of carbonyl (C=O) groups is 1. The molecule has 0 bridgehead atoms. The number of H-pyrrole nitrogens is 1. The molecule has 1 saturated heterocycles. The van der Waals surface area contributed by atoms with Crippen molar-refractivity contribution in [2.75, 3.05) is 53.5 Å². The second-order valence-corrected chi connectivity index (χ2v) is 9.25. The fourth-order valence-electron chi connectivity index (χ4n) is 4.56. The van der Waals surface area contributed by atoms with Crippen molar-refractivity contribution in [3.63, 3.8) is 0 Å². The van der Waals surface area contributed by atoms with Crippen LogP contribution in [0.3, 0.4) is 0 Å². The predicted molar refractivity (Wildman–Crippen MR) is 140 cm³/mol. The number of hydrogen-bond donors (Lipinski definition) is 1. The van der Waals surface area contributed by atoms with E-state index in [0.717, 1.165) is 39.1 Å². The number of ether oxygens (including phenoxy) is 2. The third-order valence-corrected chi connectivity index (χ3v) is 6.66. The van der Waals surface area contributed by atoms with Crippen molar-refractivity contribution in [3.05, 3.63) is 58.1 Å². The Morgan fingerprint density at radius 2 is 1.81 bits per heavy atom. The molecule has 0 atom stereocenters. The lowest BCUT2D eigenvalue weighted by molar-refractivity contribution is 0.0963. The van der Waals surface area contributed by atoms with Gasteiger partial charge in [0.05, 0.1) is 35.9 Å². The van der Waals surface area contributed by atoms with Crippen LogP contribution in [0, 0.1) is 5.82 Å². The quantitative estimate of drug-likeness (QED) is 0.422. The number of likely N-dealkylation sites (N-methyl/N-ethyl adjacent to an activating group) is 1. The number of halogens is 1. The number of aromatic amines is 1. The Bertz CT molecular complexity index is 1260. The van der Waals surface area contributed by atoms with Gasteiger partial charge in [-0.25, -0.2) is 4.39 Å². The SMILES string of the molecule is CCCOc1ccc(F)c2c(=O)c(-c3ccc(OC)cc3)c(C(=O)CCCN3CCN(C)CC3)[nH]c12. The van der Waals surface area contributed by atoms with Crippen molar-refractivity contribution in [2.24, 2.45) is 0 Å². The summed E-state index contributed by atoms with van der Waals surface area (Å²) in [6.45, 7) is 7.18. The summed E-state index contributed by atoms with van der Waals surface area (Å²) in [5.41, 5.74) is 0.564.